The number of sulfonamides is 1. The van der Waals surface area contributed by atoms with E-state index < -0.39 is 21.6 Å². The van der Waals surface area contributed by atoms with E-state index in [0.29, 0.717) is 11.3 Å². The van der Waals surface area contributed by atoms with Crippen LogP contribution in [0.4, 0.5) is 5.69 Å². The van der Waals surface area contributed by atoms with Gasteiger partial charge in [0.25, 0.3) is 0 Å². The number of carbonyl (C=O) groups excluding carboxylic acids is 2. The molecule has 132 valence electrons. The van der Waals surface area contributed by atoms with Crippen molar-refractivity contribution in [1.29, 1.82) is 0 Å². The van der Waals surface area contributed by atoms with Crippen LogP contribution in [0.25, 0.3) is 0 Å². The van der Waals surface area contributed by atoms with Gasteiger partial charge < -0.3 is 9.64 Å². The molecule has 1 saturated heterocycles. The molecule has 1 aromatic rings. The minimum absolute atomic E-state index is 0.118. The first kappa shape index (κ1) is 18.4. The lowest BCUT2D eigenvalue weighted by atomic mass is 10.1. The largest absolute Gasteiger partial charge is 0.456 e. The third-order valence-corrected chi connectivity index (χ3v) is 4.40. The lowest BCUT2D eigenvalue weighted by Crippen LogP contribution is -2.28. The van der Waals surface area contributed by atoms with Crippen LogP contribution in [0.1, 0.15) is 37.6 Å². The van der Waals surface area contributed by atoms with E-state index in [2.05, 4.69) is 0 Å². The molecule has 1 aromatic carbocycles. The van der Waals surface area contributed by atoms with Gasteiger partial charge in [-0.2, -0.15) is 0 Å². The van der Waals surface area contributed by atoms with Crippen molar-refractivity contribution in [3.8, 4) is 0 Å². The molecule has 1 heterocycles. The van der Waals surface area contributed by atoms with Gasteiger partial charge in [-0.1, -0.05) is 6.07 Å². The smallest absolute Gasteiger partial charge is 0.338 e. The molecule has 1 aliphatic heterocycles. The summed E-state index contributed by atoms with van der Waals surface area (Å²) in [4.78, 5) is 25.8. The summed E-state index contributed by atoms with van der Waals surface area (Å²) in [5.74, 6) is -1.25. The van der Waals surface area contributed by atoms with Crippen molar-refractivity contribution < 1.29 is 22.7 Å². The fourth-order valence-corrected chi connectivity index (χ4v) is 3.49. The number of rotatable bonds is 4. The van der Waals surface area contributed by atoms with Crippen molar-refractivity contribution in [2.75, 3.05) is 17.2 Å². The molecule has 2 rings (SSSR count). The lowest BCUT2D eigenvalue weighted by Gasteiger charge is -2.21. The van der Waals surface area contributed by atoms with E-state index in [1.54, 1.807) is 45.0 Å². The number of nitrogens with zero attached hydrogens (tertiary/aromatic N) is 1. The Morgan fingerprint density at radius 2 is 2.04 bits per heavy atom. The summed E-state index contributed by atoms with van der Waals surface area (Å²) < 4.78 is 27.7. The monoisotopic (exact) mass is 354 g/mol. The highest BCUT2D eigenvalue weighted by Gasteiger charge is 2.33. The van der Waals surface area contributed by atoms with Crippen molar-refractivity contribution in [2.24, 2.45) is 11.1 Å². The molecule has 2 N–H and O–H groups in total. The number of ether oxygens (including phenoxy) is 1. The Balaban J connectivity index is 2.17. The summed E-state index contributed by atoms with van der Waals surface area (Å²) in [5, 5.41) is 5.05. The van der Waals surface area contributed by atoms with Crippen LogP contribution in [0, 0.1) is 5.92 Å². The zero-order chi connectivity index (χ0) is 18.1. The van der Waals surface area contributed by atoms with Crippen molar-refractivity contribution >= 4 is 27.6 Å². The van der Waals surface area contributed by atoms with E-state index in [9.17, 15) is 18.0 Å². The second-order valence-electron chi connectivity index (χ2n) is 6.96. The van der Waals surface area contributed by atoms with E-state index in [1.807, 2.05) is 0 Å². The van der Waals surface area contributed by atoms with Gasteiger partial charge in [-0.3, -0.25) is 4.79 Å². The highest BCUT2D eigenvalue weighted by molar-refractivity contribution is 7.89. The normalized spacial score (nSPS) is 18.8. The molecule has 0 aromatic heterocycles. The maximum absolute atomic E-state index is 12.2. The summed E-state index contributed by atoms with van der Waals surface area (Å²) in [5.41, 5.74) is 0.266. The molecule has 0 spiro atoms. The first-order valence-electron chi connectivity index (χ1n) is 7.59. The van der Waals surface area contributed by atoms with Crippen molar-refractivity contribution in [3.05, 3.63) is 29.8 Å². The average Bonchev–Trinajstić information content (AvgIpc) is 2.75. The van der Waals surface area contributed by atoms with Crippen LogP contribution in [-0.4, -0.2) is 38.2 Å². The van der Waals surface area contributed by atoms with Gasteiger partial charge in [-0.05, 0) is 39.0 Å². The number of nitrogens with two attached hydrogens (primary N) is 1. The zero-order valence-corrected chi connectivity index (χ0v) is 14.8. The van der Waals surface area contributed by atoms with Gasteiger partial charge in [0.15, 0.2) is 0 Å². The Morgan fingerprint density at radius 3 is 2.62 bits per heavy atom. The number of benzene rings is 1. The standard InChI is InChI=1S/C16H22N2O5S/c1-16(2,3)23-15(20)12-5-4-6-13(8-12)18-9-11(7-14(18)19)10-24(17,21)22/h4-6,8,11H,7,9-10H2,1-3H3,(H2,17,21,22). The number of amides is 1. The first-order valence-corrected chi connectivity index (χ1v) is 9.30. The van der Waals surface area contributed by atoms with Crippen LogP contribution in [0.3, 0.4) is 0 Å². The third-order valence-electron chi connectivity index (χ3n) is 3.47. The minimum Gasteiger partial charge on any atom is -0.456 e. The molecule has 1 fully saturated rings. The number of carbonyl (C=O) groups is 2. The fraction of sp³-hybridized carbons (Fsp3) is 0.500. The molecular weight excluding hydrogens is 332 g/mol. The maximum Gasteiger partial charge on any atom is 0.338 e. The minimum atomic E-state index is -3.63. The van der Waals surface area contributed by atoms with Crippen LogP contribution >= 0.6 is 0 Å². The zero-order valence-electron chi connectivity index (χ0n) is 14.0. The Labute approximate surface area is 141 Å². The summed E-state index contributed by atoms with van der Waals surface area (Å²) >= 11 is 0. The molecule has 24 heavy (non-hydrogen) atoms. The molecule has 1 unspecified atom stereocenters. The van der Waals surface area contributed by atoms with Gasteiger partial charge in [0.05, 0.1) is 11.3 Å². The van der Waals surface area contributed by atoms with E-state index in [-0.39, 0.29) is 30.5 Å². The third kappa shape index (κ3) is 5.04. The van der Waals surface area contributed by atoms with Crippen LogP contribution in [-0.2, 0) is 19.6 Å². The molecule has 1 atom stereocenters. The Bertz CT molecular complexity index is 752. The molecule has 1 amide bonds. The SMILES string of the molecule is CC(C)(C)OC(=O)c1cccc(N2CC(CS(N)(=O)=O)CC2=O)c1. The number of hydrogen-bond donors (Lipinski definition) is 1. The van der Waals surface area contributed by atoms with Gasteiger partial charge in [0.2, 0.25) is 15.9 Å². The van der Waals surface area contributed by atoms with E-state index >= 15 is 0 Å². The number of anilines is 1. The molecule has 0 bridgehead atoms. The average molecular weight is 354 g/mol. The number of esters is 1. The predicted octanol–water partition coefficient (Wildman–Crippen LogP) is 1.28. The Hall–Kier alpha value is -1.93. The predicted molar refractivity (Wildman–Crippen MR) is 90.0 cm³/mol. The lowest BCUT2D eigenvalue weighted by molar-refractivity contribution is -0.117. The van der Waals surface area contributed by atoms with Crippen LogP contribution in [0.2, 0.25) is 0 Å². The van der Waals surface area contributed by atoms with Crippen LogP contribution in [0.5, 0.6) is 0 Å². The summed E-state index contributed by atoms with van der Waals surface area (Å²) in [7, 11) is -3.63. The Kier molecular flexibility index (Phi) is 5.00. The molecule has 0 aliphatic carbocycles. The van der Waals surface area contributed by atoms with Gasteiger partial charge in [0.1, 0.15) is 5.60 Å². The Morgan fingerprint density at radius 1 is 1.38 bits per heavy atom. The second-order valence-corrected chi connectivity index (χ2v) is 8.62. The fourth-order valence-electron chi connectivity index (χ4n) is 2.61. The van der Waals surface area contributed by atoms with Crippen molar-refractivity contribution in [1.82, 2.24) is 0 Å². The van der Waals surface area contributed by atoms with Gasteiger partial charge in [0, 0.05) is 24.6 Å². The topological polar surface area (TPSA) is 107 Å². The summed E-state index contributed by atoms with van der Waals surface area (Å²) in [6.07, 6.45) is 0.118. The highest BCUT2D eigenvalue weighted by atomic mass is 32.2. The number of primary sulfonamides is 1. The second kappa shape index (κ2) is 6.52. The van der Waals surface area contributed by atoms with Crippen LogP contribution < -0.4 is 10.0 Å². The molecule has 0 radical (unpaired) electrons. The van der Waals surface area contributed by atoms with Crippen LogP contribution in [0.15, 0.2) is 24.3 Å². The molecular formula is C16H22N2O5S. The van der Waals surface area contributed by atoms with E-state index in [1.165, 1.54) is 4.90 Å². The number of hydrogen-bond acceptors (Lipinski definition) is 5. The van der Waals surface area contributed by atoms with Crippen molar-refractivity contribution in [3.63, 3.8) is 0 Å². The summed E-state index contributed by atoms with van der Waals surface area (Å²) in [6, 6.07) is 6.55. The molecule has 8 heteroatoms. The van der Waals surface area contributed by atoms with Gasteiger partial charge in [-0.25, -0.2) is 18.4 Å². The molecule has 0 saturated carbocycles. The molecule has 1 aliphatic rings. The quantitative estimate of drug-likeness (QED) is 0.820. The van der Waals surface area contributed by atoms with E-state index in [0.717, 1.165) is 0 Å². The van der Waals surface area contributed by atoms with Gasteiger partial charge in [-0.15, -0.1) is 0 Å². The first-order chi connectivity index (χ1) is 10.9. The summed E-state index contributed by atoms with van der Waals surface area (Å²) in [6.45, 7) is 5.58. The maximum atomic E-state index is 12.2. The van der Waals surface area contributed by atoms with E-state index in [4.69, 9.17) is 9.88 Å². The van der Waals surface area contributed by atoms with Crippen molar-refractivity contribution in [2.45, 2.75) is 32.8 Å². The molecule has 7 nitrogen and oxygen atoms in total. The highest BCUT2D eigenvalue weighted by Crippen LogP contribution is 2.27. The van der Waals surface area contributed by atoms with Gasteiger partial charge >= 0.3 is 5.97 Å².